The van der Waals surface area contributed by atoms with Gasteiger partial charge in [0.25, 0.3) is 0 Å². The van der Waals surface area contributed by atoms with Crippen molar-refractivity contribution in [3.8, 4) is 5.75 Å². The van der Waals surface area contributed by atoms with Gasteiger partial charge in [0.1, 0.15) is 11.4 Å². The molecule has 6 nitrogen and oxygen atoms in total. The Morgan fingerprint density at radius 2 is 1.39 bits per heavy atom. The first-order chi connectivity index (χ1) is 17.7. The molecule has 0 fully saturated rings. The summed E-state index contributed by atoms with van der Waals surface area (Å²) in [4.78, 5) is 2.20. The van der Waals surface area contributed by atoms with Gasteiger partial charge in [0.05, 0.1) is 19.1 Å². The van der Waals surface area contributed by atoms with Crippen molar-refractivity contribution in [3.05, 3.63) is 95.6 Å². The number of hydrogen-bond acceptors (Lipinski definition) is 5. The van der Waals surface area contributed by atoms with Crippen LogP contribution in [0.5, 0.6) is 5.75 Å². The number of methoxy groups -OCH3 is 1. The van der Waals surface area contributed by atoms with Crippen LogP contribution in [0.2, 0.25) is 0 Å². The van der Waals surface area contributed by atoms with Crippen molar-refractivity contribution in [1.29, 1.82) is 0 Å². The molecular weight excluding hydrogens is 520 g/mol. The topological polar surface area (TPSA) is 70.1 Å². The predicted octanol–water partition coefficient (Wildman–Crippen LogP) is 5.65. The van der Waals surface area contributed by atoms with E-state index < -0.39 is 15.6 Å². The maximum atomic E-state index is 12.7. The zero-order valence-electron chi connectivity index (χ0n) is 23.0. The minimum Gasteiger partial charge on any atom is -0.497 e. The lowest BCUT2D eigenvalue weighted by atomic mass is 9.72. The van der Waals surface area contributed by atoms with Gasteiger partial charge in [-0.3, -0.25) is 4.31 Å². The normalized spacial score (nSPS) is 13.9. The van der Waals surface area contributed by atoms with E-state index in [1.807, 2.05) is 66.7 Å². The molecule has 2 unspecified atom stereocenters. The monoisotopic (exact) mass is 560 g/mol. The van der Waals surface area contributed by atoms with Crippen molar-refractivity contribution in [3.63, 3.8) is 0 Å². The Kier molecular flexibility index (Phi) is 11.6. The summed E-state index contributed by atoms with van der Waals surface area (Å²) in [7, 11) is -1.83. The van der Waals surface area contributed by atoms with Crippen molar-refractivity contribution >= 4 is 28.1 Å². The Morgan fingerprint density at radius 3 is 1.87 bits per heavy atom. The van der Waals surface area contributed by atoms with Gasteiger partial charge in [0.15, 0.2) is 0 Å². The number of halogens is 1. The first kappa shape index (κ1) is 31.6. The first-order valence-electron chi connectivity index (χ1n) is 12.9. The Bertz CT molecular complexity index is 1220. The van der Waals surface area contributed by atoms with Gasteiger partial charge < -0.3 is 14.7 Å². The summed E-state index contributed by atoms with van der Waals surface area (Å²) < 4.78 is 32.1. The molecule has 0 amide bonds. The SMILES string of the molecule is CCC(c1ccc(OC)cc1)C(O)(c1ccccc1)c1ccc(N(CCN(CC)CC)S(C)(=O)=O)cc1.Cl. The van der Waals surface area contributed by atoms with Crippen LogP contribution in [0.15, 0.2) is 78.9 Å². The minimum atomic E-state index is -3.47. The van der Waals surface area contributed by atoms with Gasteiger partial charge in [-0.25, -0.2) is 8.42 Å². The number of sulfonamides is 1. The molecule has 0 bridgehead atoms. The van der Waals surface area contributed by atoms with E-state index in [0.717, 1.165) is 30.0 Å². The highest BCUT2D eigenvalue weighted by molar-refractivity contribution is 7.92. The van der Waals surface area contributed by atoms with Gasteiger partial charge in [0.2, 0.25) is 10.0 Å². The molecule has 0 saturated heterocycles. The molecule has 0 aromatic heterocycles. The number of rotatable bonds is 13. The molecule has 3 aromatic rings. The third-order valence-electron chi connectivity index (χ3n) is 7.15. The summed E-state index contributed by atoms with van der Waals surface area (Å²) in [6, 6.07) is 24.8. The van der Waals surface area contributed by atoms with Gasteiger partial charge in [-0.1, -0.05) is 75.4 Å². The zero-order chi connectivity index (χ0) is 27.1. The molecule has 208 valence electrons. The van der Waals surface area contributed by atoms with E-state index >= 15 is 0 Å². The molecule has 1 N–H and O–H groups in total. The van der Waals surface area contributed by atoms with Crippen LogP contribution in [-0.2, 0) is 15.6 Å². The summed E-state index contributed by atoms with van der Waals surface area (Å²) in [5.74, 6) is 0.525. The molecule has 38 heavy (non-hydrogen) atoms. The van der Waals surface area contributed by atoms with Crippen LogP contribution < -0.4 is 9.04 Å². The number of ether oxygens (including phenoxy) is 1. The second kappa shape index (κ2) is 14.0. The summed E-state index contributed by atoms with van der Waals surface area (Å²) in [6.45, 7) is 8.94. The van der Waals surface area contributed by atoms with Crippen LogP contribution >= 0.6 is 12.4 Å². The average Bonchev–Trinajstić information content (AvgIpc) is 2.92. The average molecular weight is 561 g/mol. The number of anilines is 1. The van der Waals surface area contributed by atoms with Crippen LogP contribution in [0.25, 0.3) is 0 Å². The fourth-order valence-electron chi connectivity index (χ4n) is 5.01. The first-order valence-corrected chi connectivity index (χ1v) is 14.8. The van der Waals surface area contributed by atoms with Gasteiger partial charge in [-0.15, -0.1) is 12.4 Å². The predicted molar refractivity (Wildman–Crippen MR) is 159 cm³/mol. The lowest BCUT2D eigenvalue weighted by Gasteiger charge is -2.38. The molecule has 3 aromatic carbocycles. The number of likely N-dealkylation sites (N-methyl/N-ethyl adjacent to an activating group) is 1. The summed E-state index contributed by atoms with van der Waals surface area (Å²) >= 11 is 0. The standard InChI is InChI=1S/C30H40N2O4S.ClH/c1-6-29(24-14-20-28(36-4)21-15-24)30(33,25-12-10-9-11-13-25)26-16-18-27(19-17-26)32(37(5,34)35)23-22-31(7-2)8-3;/h9-21,29,33H,6-8,22-23H2,1-5H3;1H. The summed E-state index contributed by atoms with van der Waals surface area (Å²) in [5.41, 5.74) is 1.76. The Hall–Kier alpha value is -2.58. The van der Waals surface area contributed by atoms with Crippen LogP contribution in [0.4, 0.5) is 5.69 Å². The second-order valence-corrected chi connectivity index (χ2v) is 11.2. The summed E-state index contributed by atoms with van der Waals surface area (Å²) in [5, 5.41) is 12.5. The molecule has 0 saturated carbocycles. The molecule has 0 radical (unpaired) electrons. The third kappa shape index (κ3) is 7.08. The highest BCUT2D eigenvalue weighted by atomic mass is 35.5. The van der Waals surface area contributed by atoms with Crippen LogP contribution in [0, 0.1) is 0 Å². The van der Waals surface area contributed by atoms with E-state index in [-0.39, 0.29) is 18.3 Å². The quantitative estimate of drug-likeness (QED) is 0.292. The van der Waals surface area contributed by atoms with Gasteiger partial charge in [0, 0.05) is 19.0 Å². The lowest BCUT2D eigenvalue weighted by Crippen LogP contribution is -2.38. The molecule has 0 heterocycles. The smallest absolute Gasteiger partial charge is 0.232 e. The van der Waals surface area contributed by atoms with Crippen LogP contribution in [0.3, 0.4) is 0 Å². The summed E-state index contributed by atoms with van der Waals surface area (Å²) in [6.07, 6.45) is 1.93. The molecule has 0 aliphatic heterocycles. The maximum absolute atomic E-state index is 12.7. The van der Waals surface area contributed by atoms with E-state index in [9.17, 15) is 13.5 Å². The maximum Gasteiger partial charge on any atom is 0.232 e. The van der Waals surface area contributed by atoms with E-state index in [2.05, 4.69) is 25.7 Å². The van der Waals surface area contributed by atoms with Crippen molar-refractivity contribution < 1.29 is 18.3 Å². The van der Waals surface area contributed by atoms with E-state index in [1.165, 1.54) is 10.6 Å². The van der Waals surface area contributed by atoms with E-state index in [1.54, 1.807) is 19.2 Å². The van der Waals surface area contributed by atoms with Crippen LogP contribution in [-0.4, -0.2) is 58.0 Å². The van der Waals surface area contributed by atoms with Crippen molar-refractivity contribution in [2.75, 3.05) is 43.8 Å². The fourth-order valence-corrected chi connectivity index (χ4v) is 5.93. The lowest BCUT2D eigenvalue weighted by molar-refractivity contribution is 0.0476. The van der Waals surface area contributed by atoms with Gasteiger partial charge in [-0.05, 0) is 60.5 Å². The molecule has 3 rings (SSSR count). The number of hydrogen-bond donors (Lipinski definition) is 1. The molecular formula is C30H41ClN2O4S. The molecule has 0 spiro atoms. The highest BCUT2D eigenvalue weighted by Gasteiger charge is 2.40. The van der Waals surface area contributed by atoms with Gasteiger partial charge in [-0.2, -0.15) is 0 Å². The molecule has 0 aliphatic carbocycles. The van der Waals surface area contributed by atoms with Crippen molar-refractivity contribution in [2.45, 2.75) is 38.7 Å². The fraction of sp³-hybridized carbons (Fsp3) is 0.400. The highest BCUT2D eigenvalue weighted by Crippen LogP contribution is 2.45. The Balaban J connectivity index is 0.00000507. The number of benzene rings is 3. The zero-order valence-corrected chi connectivity index (χ0v) is 24.6. The minimum absolute atomic E-state index is 0. The number of nitrogens with zero attached hydrogens (tertiary/aromatic N) is 2. The van der Waals surface area contributed by atoms with Crippen molar-refractivity contribution in [1.82, 2.24) is 4.90 Å². The molecule has 8 heteroatoms. The largest absolute Gasteiger partial charge is 0.497 e. The van der Waals surface area contributed by atoms with Gasteiger partial charge >= 0.3 is 0 Å². The molecule has 2 atom stereocenters. The third-order valence-corrected chi connectivity index (χ3v) is 8.35. The molecule has 0 aliphatic rings. The van der Waals surface area contributed by atoms with E-state index in [0.29, 0.717) is 30.8 Å². The van der Waals surface area contributed by atoms with Crippen molar-refractivity contribution in [2.24, 2.45) is 0 Å². The number of aliphatic hydroxyl groups is 1. The van der Waals surface area contributed by atoms with Crippen LogP contribution in [0.1, 0.15) is 49.8 Å². The Labute approximate surface area is 234 Å². The van der Waals surface area contributed by atoms with E-state index in [4.69, 9.17) is 4.74 Å². The Morgan fingerprint density at radius 1 is 0.842 bits per heavy atom. The second-order valence-electron chi connectivity index (χ2n) is 9.28.